The Morgan fingerprint density at radius 3 is 2.42 bits per heavy atom. The lowest BCUT2D eigenvalue weighted by molar-refractivity contribution is -0.298. The molecule has 14 atom stereocenters. The van der Waals surface area contributed by atoms with Crippen LogP contribution in [-0.2, 0) is 19.0 Å². The third kappa shape index (κ3) is 9.71. The van der Waals surface area contributed by atoms with E-state index in [0.717, 1.165) is 0 Å². The van der Waals surface area contributed by atoms with Gasteiger partial charge < -0.3 is 55.3 Å². The van der Waals surface area contributed by atoms with Gasteiger partial charge in [-0.25, -0.2) is 4.79 Å². The summed E-state index contributed by atoms with van der Waals surface area (Å²) in [5.41, 5.74) is -2.66. The number of esters is 1. The van der Waals surface area contributed by atoms with Gasteiger partial charge in [0.1, 0.15) is 23.9 Å². The van der Waals surface area contributed by atoms with Gasteiger partial charge >= 0.3 is 12.0 Å². The Balaban J connectivity index is 1.92. The molecule has 1 aromatic carbocycles. The maximum absolute atomic E-state index is 13.4. The van der Waals surface area contributed by atoms with E-state index < -0.39 is 90.0 Å². The molecule has 2 amide bonds. The van der Waals surface area contributed by atoms with E-state index in [1.54, 1.807) is 52.8 Å². The van der Waals surface area contributed by atoms with Gasteiger partial charge in [-0.1, -0.05) is 26.8 Å². The molecule has 0 radical (unpaired) electrons. The average Bonchev–Trinajstić information content (AvgIpc) is 3.06. The maximum atomic E-state index is 13.4. The Labute approximate surface area is 295 Å². The molecule has 282 valence electrons. The second kappa shape index (κ2) is 17.1. The fourth-order valence-corrected chi connectivity index (χ4v) is 7.26. The molecule has 7 N–H and O–H groups in total. The van der Waals surface area contributed by atoms with Crippen LogP contribution in [-0.4, -0.2) is 122 Å². The Bertz CT molecular complexity index is 1340. The van der Waals surface area contributed by atoms with E-state index in [0.29, 0.717) is 17.8 Å². The van der Waals surface area contributed by atoms with Crippen LogP contribution in [0, 0.1) is 29.1 Å². The molecular formula is C36H58N4O10. The first kappa shape index (κ1) is 41.5. The largest absolute Gasteiger partial charge is 0.459 e. The number of anilines is 1. The second-order valence-corrected chi connectivity index (χ2v) is 14.9. The van der Waals surface area contributed by atoms with Crippen molar-refractivity contribution >= 4 is 17.7 Å². The molecule has 14 heteroatoms. The number of urea groups is 1. The first-order valence-electron chi connectivity index (χ1n) is 17.5. The minimum atomic E-state index is -1.81. The Morgan fingerprint density at radius 1 is 1.14 bits per heavy atom. The number of nitriles is 1. The summed E-state index contributed by atoms with van der Waals surface area (Å²) in [6, 6.07) is 6.55. The standard InChI is InChI=1S/C36H58N4O10/c1-10-27-36(8,47)30(43)23(6)38-18-19(2)16-35(7,46)31(21(4)28(41)22(5)32(44)49-27)50-33-29(42)26(14-20(3)48-33)40(9)34(45)39-25-13-11-12-24(15-25)17-37/h11-13,15,19-23,26-31,33,38,41-43,46-47H,10,14,16,18H2,1-9H3,(H,39,45)/t19-,20-,21+,22-,23-,26+,27-,28+,29-,30-,31-,33+,35-,36-/m1/s1. The highest BCUT2D eigenvalue weighted by molar-refractivity contribution is 5.89. The topological polar surface area (TPSA) is 214 Å². The van der Waals surface area contributed by atoms with Crippen LogP contribution >= 0.6 is 0 Å². The Morgan fingerprint density at radius 2 is 1.80 bits per heavy atom. The molecule has 1 aromatic rings. The van der Waals surface area contributed by atoms with Crippen LogP contribution in [0.5, 0.6) is 0 Å². The fraction of sp³-hybridized carbons (Fsp3) is 0.750. The molecule has 2 aliphatic rings. The highest BCUT2D eigenvalue weighted by atomic mass is 16.7. The van der Waals surface area contributed by atoms with Crippen LogP contribution in [0.2, 0.25) is 0 Å². The predicted octanol–water partition coefficient (Wildman–Crippen LogP) is 2.11. The van der Waals surface area contributed by atoms with E-state index in [4.69, 9.17) is 14.2 Å². The maximum Gasteiger partial charge on any atom is 0.321 e. The molecule has 0 spiro atoms. The van der Waals surface area contributed by atoms with Gasteiger partial charge in [0.15, 0.2) is 6.29 Å². The number of rotatable bonds is 5. The van der Waals surface area contributed by atoms with Crippen molar-refractivity contribution in [2.75, 3.05) is 18.9 Å². The van der Waals surface area contributed by atoms with Crippen molar-refractivity contribution in [2.45, 2.75) is 141 Å². The third-order valence-corrected chi connectivity index (χ3v) is 10.4. The van der Waals surface area contributed by atoms with Crippen molar-refractivity contribution < 1.29 is 49.3 Å². The molecule has 0 aliphatic carbocycles. The first-order chi connectivity index (χ1) is 23.2. The van der Waals surface area contributed by atoms with Crippen LogP contribution < -0.4 is 10.6 Å². The lowest BCUT2D eigenvalue weighted by atomic mass is 9.78. The highest BCUT2D eigenvalue weighted by Gasteiger charge is 2.49. The van der Waals surface area contributed by atoms with Gasteiger partial charge in [0.05, 0.1) is 47.5 Å². The van der Waals surface area contributed by atoms with Crippen LogP contribution in [0.25, 0.3) is 0 Å². The molecule has 0 saturated carbocycles. The number of nitrogens with one attached hydrogen (secondary N) is 2. The van der Waals surface area contributed by atoms with Crippen molar-refractivity contribution in [3.63, 3.8) is 0 Å². The van der Waals surface area contributed by atoms with Gasteiger partial charge in [0.2, 0.25) is 0 Å². The normalized spacial score (nSPS) is 40.8. The van der Waals surface area contributed by atoms with E-state index in [9.17, 15) is 40.4 Å². The van der Waals surface area contributed by atoms with Gasteiger partial charge in [0.25, 0.3) is 0 Å². The number of aliphatic hydroxyl groups is 5. The van der Waals surface area contributed by atoms with Crippen molar-refractivity contribution in [2.24, 2.45) is 17.8 Å². The van der Waals surface area contributed by atoms with Crippen LogP contribution in [0.4, 0.5) is 10.5 Å². The number of likely N-dealkylation sites (N-methyl/N-ethyl adjacent to an activating group) is 1. The monoisotopic (exact) mass is 706 g/mol. The van der Waals surface area contributed by atoms with Crippen molar-refractivity contribution in [3.8, 4) is 6.07 Å². The van der Waals surface area contributed by atoms with Gasteiger partial charge in [-0.05, 0) is 84.5 Å². The fourth-order valence-electron chi connectivity index (χ4n) is 7.26. The molecular weight excluding hydrogens is 648 g/mol. The van der Waals surface area contributed by atoms with Crippen LogP contribution in [0.15, 0.2) is 24.3 Å². The Kier molecular flexibility index (Phi) is 14.2. The van der Waals surface area contributed by atoms with E-state index in [1.165, 1.54) is 31.9 Å². The molecule has 2 saturated heterocycles. The zero-order chi connectivity index (χ0) is 37.7. The van der Waals surface area contributed by atoms with Gasteiger partial charge in [-0.15, -0.1) is 0 Å². The summed E-state index contributed by atoms with van der Waals surface area (Å²) in [5.74, 6) is -3.06. The summed E-state index contributed by atoms with van der Waals surface area (Å²) >= 11 is 0. The molecule has 3 rings (SSSR count). The van der Waals surface area contributed by atoms with E-state index in [1.807, 2.05) is 13.0 Å². The number of benzene rings is 1. The molecule has 50 heavy (non-hydrogen) atoms. The summed E-state index contributed by atoms with van der Waals surface area (Å²) in [5, 5.41) is 72.8. The quantitative estimate of drug-likeness (QED) is 0.219. The van der Waals surface area contributed by atoms with Crippen molar-refractivity contribution in [1.29, 1.82) is 5.26 Å². The van der Waals surface area contributed by atoms with Gasteiger partial charge in [-0.2, -0.15) is 5.26 Å². The molecule has 2 aliphatic heterocycles. The summed E-state index contributed by atoms with van der Waals surface area (Å²) in [4.78, 5) is 28.0. The Hall–Kier alpha value is -2.87. The molecule has 0 bridgehead atoms. The van der Waals surface area contributed by atoms with E-state index in [-0.39, 0.29) is 25.2 Å². The molecule has 14 nitrogen and oxygen atoms in total. The number of aliphatic hydroxyl groups excluding tert-OH is 3. The number of ether oxygens (including phenoxy) is 3. The number of amides is 2. The third-order valence-electron chi connectivity index (χ3n) is 10.4. The smallest absolute Gasteiger partial charge is 0.321 e. The van der Waals surface area contributed by atoms with E-state index >= 15 is 0 Å². The van der Waals surface area contributed by atoms with Gasteiger partial charge in [-0.3, -0.25) is 4.79 Å². The zero-order valence-electron chi connectivity index (χ0n) is 30.7. The predicted molar refractivity (Wildman–Crippen MR) is 185 cm³/mol. The first-order valence-corrected chi connectivity index (χ1v) is 17.5. The summed E-state index contributed by atoms with van der Waals surface area (Å²) in [7, 11) is 1.53. The van der Waals surface area contributed by atoms with Crippen LogP contribution in [0.3, 0.4) is 0 Å². The van der Waals surface area contributed by atoms with Crippen molar-refractivity contribution in [1.82, 2.24) is 10.2 Å². The SMILES string of the molecule is CC[C@H]1OC(=O)[C@H](C)[C@@H](O)[C@H](C)[C@@H](O[C@@H]2O[C@H](C)C[C@H](N(C)C(=O)Nc3cccc(C#N)c3)[C@H]2O)[C@](C)(O)C[C@@H](C)CN[C@H](C)[C@@H](O)[C@]1(C)O. The lowest BCUT2D eigenvalue weighted by Crippen LogP contribution is -2.60. The minimum Gasteiger partial charge on any atom is -0.459 e. The van der Waals surface area contributed by atoms with E-state index in [2.05, 4.69) is 10.6 Å². The number of carbonyl (C=O) groups is 2. The molecule has 2 fully saturated rings. The second-order valence-electron chi connectivity index (χ2n) is 14.9. The number of hydrogen-bond donors (Lipinski definition) is 7. The average molecular weight is 707 g/mol. The number of carbonyl (C=O) groups excluding carboxylic acids is 2. The van der Waals surface area contributed by atoms with Gasteiger partial charge in [0, 0.05) is 24.7 Å². The molecule has 2 heterocycles. The molecule has 0 unspecified atom stereocenters. The molecule has 0 aromatic heterocycles. The minimum absolute atomic E-state index is 0.142. The number of hydrogen-bond acceptors (Lipinski definition) is 12. The summed E-state index contributed by atoms with van der Waals surface area (Å²) in [6.07, 6.45) is -7.57. The lowest BCUT2D eigenvalue weighted by Gasteiger charge is -2.47. The number of nitrogens with zero attached hydrogens (tertiary/aromatic N) is 2. The van der Waals surface area contributed by atoms with Crippen molar-refractivity contribution in [3.05, 3.63) is 29.8 Å². The number of cyclic esters (lactones) is 1. The summed E-state index contributed by atoms with van der Waals surface area (Å²) < 4.78 is 18.2. The summed E-state index contributed by atoms with van der Waals surface area (Å²) in [6.45, 7) is 13.5. The van der Waals surface area contributed by atoms with Crippen LogP contribution in [0.1, 0.15) is 80.2 Å². The highest BCUT2D eigenvalue weighted by Crippen LogP contribution is 2.36. The zero-order valence-corrected chi connectivity index (χ0v) is 30.7.